The maximum atomic E-state index is 14.7. The number of aliphatic hydroxyl groups is 2. The number of carbonyl (C=O) groups excluding carboxylic acids is 2. The van der Waals surface area contributed by atoms with Gasteiger partial charge in [0.05, 0.1) is 23.8 Å². The molecule has 0 saturated carbocycles. The normalized spacial score (nSPS) is 21.5. The third kappa shape index (κ3) is 12.6. The van der Waals surface area contributed by atoms with Crippen molar-refractivity contribution in [2.24, 2.45) is 0 Å². The van der Waals surface area contributed by atoms with Gasteiger partial charge in [-0.1, -0.05) is 36.4 Å². The van der Waals surface area contributed by atoms with Crippen molar-refractivity contribution in [2.75, 3.05) is 44.7 Å². The number of nitrogens with zero attached hydrogens (tertiary/aromatic N) is 4. The van der Waals surface area contributed by atoms with Crippen molar-refractivity contribution in [2.45, 2.75) is 104 Å². The Balaban J connectivity index is 0.955. The zero-order chi connectivity index (χ0) is 58.6. The quantitative estimate of drug-likeness (QED) is 0.0423. The summed E-state index contributed by atoms with van der Waals surface area (Å²) in [5, 5.41) is 25.9. The Hall–Kier alpha value is -5.94. The first-order valence-corrected chi connectivity index (χ1v) is 30.2. The highest BCUT2D eigenvalue weighted by molar-refractivity contribution is 7.66. The predicted octanol–water partition coefficient (Wildman–Crippen LogP) is 4.26. The van der Waals surface area contributed by atoms with Crippen LogP contribution in [0.15, 0.2) is 82.5 Å². The molecular formula is C53H66N6O18P3+. The van der Waals surface area contributed by atoms with E-state index in [4.69, 9.17) is 19.3 Å². The Morgan fingerprint density at radius 2 is 1.59 bits per heavy atom. The van der Waals surface area contributed by atoms with Crippen molar-refractivity contribution in [3.8, 4) is 11.5 Å². The third-order valence-corrected chi connectivity index (χ3v) is 18.2. The Kier molecular flexibility index (Phi) is 17.1. The Labute approximate surface area is 460 Å². The summed E-state index contributed by atoms with van der Waals surface area (Å²) < 4.78 is 62.0. The number of aliphatic hydroxyl groups excluding tert-OH is 2. The smallest absolute Gasteiger partial charge is 0.456 e. The first-order valence-electron chi connectivity index (χ1n) is 25.7. The minimum absolute atomic E-state index is 0.0314. The van der Waals surface area contributed by atoms with E-state index in [0.717, 1.165) is 74.5 Å². The predicted molar refractivity (Wildman–Crippen MR) is 296 cm³/mol. The molecule has 1 fully saturated rings. The monoisotopic (exact) mass is 1170 g/mol. The average molecular weight is 1170 g/mol. The number of nitrogens with one attached hydrogen (secondary N) is 2. The number of aromatic nitrogens is 2. The highest BCUT2D eigenvalue weighted by atomic mass is 31.3. The van der Waals surface area contributed by atoms with Crippen molar-refractivity contribution in [3.05, 3.63) is 138 Å². The molecule has 80 heavy (non-hydrogen) atoms. The molecule has 8 N–H and O–H groups in total. The molecule has 4 aromatic rings. The number of allylic oxidation sites excluding steroid dienone is 2. The number of rotatable bonds is 19. The summed E-state index contributed by atoms with van der Waals surface area (Å²) in [5.41, 5.74) is 5.80. The van der Waals surface area contributed by atoms with E-state index in [0.29, 0.717) is 28.1 Å². The molecule has 430 valence electrons. The van der Waals surface area contributed by atoms with Crippen LogP contribution in [0.2, 0.25) is 0 Å². The standard InChI is InChI=1S/C53H65N6O18P3/c1-10-58-39-24-41-37(22-35(39)30(3)26-52(58,5)6)45(38-23-36-31(4)27-53(7,8)59(11-2)40(36)25-42(38)74-41)33-17-12-13-18-34(33)49(64)56(9)21-15-19-44(60)54-20-14-16-32-28-57(51(65)55-48(32)63)50-47(62)46(61)43(75-50)29-73-79(69,70)77-80(71,72)76-78(66,67)68/h12-14,16-18,22-28,43,46-47,50,61-62H,10-11,15,19-21,29H2,1-9H3,(H5-,54,55,60,63,65,66,67,68,69,70,71,72)/p+1/b16-14+/t43-,46-,47-,50-/m1/s1. The van der Waals surface area contributed by atoms with Crippen molar-refractivity contribution in [3.63, 3.8) is 0 Å². The van der Waals surface area contributed by atoms with Crippen LogP contribution in [-0.2, 0) is 36.4 Å². The zero-order valence-electron chi connectivity index (χ0n) is 45.5. The van der Waals surface area contributed by atoms with Crippen LogP contribution in [0, 0.1) is 0 Å². The summed E-state index contributed by atoms with van der Waals surface area (Å²) in [5.74, 6) is 0.754. The van der Waals surface area contributed by atoms with Crippen molar-refractivity contribution in [1.82, 2.24) is 24.3 Å². The number of phosphoric acid groups is 3. The molecule has 8 rings (SSSR count). The van der Waals surface area contributed by atoms with Crippen LogP contribution in [0.25, 0.3) is 22.8 Å². The molecule has 2 amide bonds. The molecule has 1 saturated heterocycles. The van der Waals surface area contributed by atoms with Crippen molar-refractivity contribution >= 4 is 63.8 Å². The lowest BCUT2D eigenvalue weighted by atomic mass is 9.83. The van der Waals surface area contributed by atoms with Gasteiger partial charge in [0, 0.05) is 97.9 Å². The maximum Gasteiger partial charge on any atom is 0.490 e. The Morgan fingerprint density at radius 3 is 2.27 bits per heavy atom. The van der Waals surface area contributed by atoms with Crippen molar-refractivity contribution < 1.29 is 75.7 Å². The molecule has 1 aromatic heterocycles. The number of phosphoric ester groups is 1. The van der Waals surface area contributed by atoms with Gasteiger partial charge in [0.1, 0.15) is 36.4 Å². The van der Waals surface area contributed by atoms with E-state index in [1.807, 2.05) is 29.2 Å². The number of amides is 2. The number of hydrogen-bond acceptors (Lipinski definition) is 15. The number of fused-ring (bicyclic) bond motifs is 4. The molecule has 0 aliphatic carbocycles. The second-order valence-corrected chi connectivity index (χ2v) is 25.3. The molecule has 0 bridgehead atoms. The van der Waals surface area contributed by atoms with Gasteiger partial charge in [-0.05, 0) is 88.9 Å². The number of hydrogen-bond donors (Lipinski definition) is 8. The van der Waals surface area contributed by atoms with Gasteiger partial charge in [0.15, 0.2) is 11.8 Å². The number of ether oxygens (including phenoxy) is 2. The molecule has 4 aliphatic rings. The van der Waals surface area contributed by atoms with Crippen LogP contribution < -0.4 is 41.4 Å². The first-order chi connectivity index (χ1) is 37.4. The molecule has 4 aliphatic heterocycles. The number of likely N-dealkylation sites (N-methyl/N-ethyl adjacent to an activating group) is 2. The molecule has 0 radical (unpaired) electrons. The van der Waals surface area contributed by atoms with Gasteiger partial charge in [0.2, 0.25) is 11.3 Å². The molecule has 24 nitrogen and oxygen atoms in total. The maximum absolute atomic E-state index is 14.7. The largest absolute Gasteiger partial charge is 0.490 e. The van der Waals surface area contributed by atoms with Crippen LogP contribution in [-0.4, -0.2) is 125 Å². The minimum Gasteiger partial charge on any atom is -0.456 e. The summed E-state index contributed by atoms with van der Waals surface area (Å²) in [4.78, 5) is 95.9. The fraction of sp³-hybridized carbons (Fsp3) is 0.415. The van der Waals surface area contributed by atoms with E-state index in [2.05, 4.69) is 120 Å². The highest BCUT2D eigenvalue weighted by Gasteiger charge is 2.47. The van der Waals surface area contributed by atoms with Gasteiger partial charge < -0.3 is 54.4 Å². The fourth-order valence-corrected chi connectivity index (χ4v) is 14.0. The molecule has 6 atom stereocenters. The fourth-order valence-electron chi connectivity index (χ4n) is 11.0. The first kappa shape index (κ1) is 60.2. The second kappa shape index (κ2) is 22.8. The van der Waals surface area contributed by atoms with Gasteiger partial charge >= 0.3 is 29.2 Å². The molecular weight excluding hydrogens is 1100 g/mol. The Morgan fingerprint density at radius 1 is 0.887 bits per heavy atom. The molecule has 27 heteroatoms. The van der Waals surface area contributed by atoms with Gasteiger partial charge in [-0.3, -0.25) is 28.5 Å². The van der Waals surface area contributed by atoms with E-state index in [1.165, 1.54) is 12.2 Å². The number of anilines is 1. The van der Waals surface area contributed by atoms with Gasteiger partial charge in [-0.15, -0.1) is 0 Å². The van der Waals surface area contributed by atoms with E-state index >= 15 is 0 Å². The van der Waals surface area contributed by atoms with Crippen molar-refractivity contribution in [1.29, 1.82) is 0 Å². The second-order valence-electron chi connectivity index (χ2n) is 20.9. The number of aromatic amines is 1. The van der Waals surface area contributed by atoms with Gasteiger partial charge in [-0.25, -0.2) is 23.1 Å². The molecule has 5 heterocycles. The Bertz CT molecular complexity index is 3680. The van der Waals surface area contributed by atoms with Crippen LogP contribution in [0.1, 0.15) is 113 Å². The summed E-state index contributed by atoms with van der Waals surface area (Å²) >= 11 is 0. The van der Waals surface area contributed by atoms with E-state index < -0.39 is 65.9 Å². The van der Waals surface area contributed by atoms with Crippen LogP contribution in [0.5, 0.6) is 11.5 Å². The lowest BCUT2D eigenvalue weighted by molar-refractivity contribution is -0.121. The third-order valence-electron chi connectivity index (χ3n) is 14.4. The van der Waals surface area contributed by atoms with Crippen LogP contribution >= 0.6 is 23.5 Å². The SMILES string of the molecule is CCN1c2cc3c(cc2C(C)=CC1(C)C)C(c1ccccc1C(=O)N(C)CCCC(=O)NC/C=C/c1cn([C@@H]2O[C@H](COP(=O)(O)OP(=O)(O)OP(=O)(O)O)[C@@H](O)[C@H]2O)c(=O)[nH]c1=O)=c1cc2c(cc1O3)=[N+](CC)C(C)(C)C=C2C. The molecule has 3 aromatic carbocycles. The molecule has 0 spiro atoms. The highest BCUT2D eigenvalue weighted by Crippen LogP contribution is 2.66. The summed E-state index contributed by atoms with van der Waals surface area (Å²) in [6, 6.07) is 16.2. The molecule has 2 unspecified atom stereocenters. The topological polar surface area (TPSA) is 329 Å². The van der Waals surface area contributed by atoms with Crippen LogP contribution in [0.4, 0.5) is 5.69 Å². The lowest BCUT2D eigenvalue weighted by Crippen LogP contribution is -2.49. The average Bonchev–Trinajstić information content (AvgIpc) is 3.69. The van der Waals surface area contributed by atoms with Gasteiger partial charge in [-0.2, -0.15) is 8.62 Å². The van der Waals surface area contributed by atoms with Gasteiger partial charge in [0.25, 0.3) is 11.5 Å². The van der Waals surface area contributed by atoms with Crippen LogP contribution in [0.3, 0.4) is 0 Å². The minimum atomic E-state index is -5.86. The number of H-pyrrole nitrogens is 1. The van der Waals surface area contributed by atoms with E-state index in [-0.39, 0.29) is 48.0 Å². The number of benzene rings is 3. The lowest BCUT2D eigenvalue weighted by Gasteiger charge is -2.43. The number of carbonyl (C=O) groups is 2. The summed E-state index contributed by atoms with van der Waals surface area (Å²) in [6.07, 6.45) is 1.24. The van der Waals surface area contributed by atoms with E-state index in [9.17, 15) is 52.9 Å². The van der Waals surface area contributed by atoms with E-state index in [1.54, 1.807) is 11.9 Å². The summed E-state index contributed by atoms with van der Waals surface area (Å²) in [7, 11) is -15.5. The zero-order valence-corrected chi connectivity index (χ0v) is 48.2. The summed E-state index contributed by atoms with van der Waals surface area (Å²) in [6.45, 7) is 17.9.